The van der Waals surface area contributed by atoms with Gasteiger partial charge >= 0.3 is 0 Å². The van der Waals surface area contributed by atoms with Crippen LogP contribution in [0.5, 0.6) is 5.75 Å². The lowest BCUT2D eigenvalue weighted by atomic mass is 10.2. The van der Waals surface area contributed by atoms with Gasteiger partial charge in [0, 0.05) is 6.04 Å². The van der Waals surface area contributed by atoms with E-state index in [4.69, 9.17) is 10.5 Å². The molecule has 2 N–H and O–H groups in total. The van der Waals surface area contributed by atoms with Crippen LogP contribution in [0.15, 0.2) is 24.3 Å². The van der Waals surface area contributed by atoms with Crippen LogP contribution < -0.4 is 10.5 Å². The zero-order valence-corrected chi connectivity index (χ0v) is 8.57. The molecule has 1 aromatic rings. The van der Waals surface area contributed by atoms with Crippen molar-refractivity contribution in [2.45, 2.75) is 25.8 Å². The first kappa shape index (κ1) is 9.53. The van der Waals surface area contributed by atoms with E-state index in [-0.39, 0.29) is 6.04 Å². The third-order valence-electron chi connectivity index (χ3n) is 2.69. The smallest absolute Gasteiger partial charge is 0.119 e. The molecule has 0 saturated heterocycles. The first-order valence-electron chi connectivity index (χ1n) is 5.21. The molecular weight excluding hydrogens is 174 g/mol. The van der Waals surface area contributed by atoms with Crippen molar-refractivity contribution in [3.63, 3.8) is 0 Å². The Morgan fingerprint density at radius 3 is 2.57 bits per heavy atom. The molecule has 76 valence electrons. The van der Waals surface area contributed by atoms with E-state index in [0.29, 0.717) is 12.5 Å². The van der Waals surface area contributed by atoms with Crippen molar-refractivity contribution in [1.82, 2.24) is 0 Å². The van der Waals surface area contributed by atoms with Gasteiger partial charge in [-0.25, -0.2) is 0 Å². The first-order chi connectivity index (χ1) is 6.75. The Morgan fingerprint density at radius 1 is 1.36 bits per heavy atom. The average molecular weight is 191 g/mol. The van der Waals surface area contributed by atoms with E-state index < -0.39 is 0 Å². The van der Waals surface area contributed by atoms with E-state index in [2.05, 4.69) is 19.1 Å². The van der Waals surface area contributed by atoms with Gasteiger partial charge in [-0.1, -0.05) is 17.7 Å². The molecule has 14 heavy (non-hydrogen) atoms. The summed E-state index contributed by atoms with van der Waals surface area (Å²) < 4.78 is 5.60. The van der Waals surface area contributed by atoms with E-state index in [9.17, 15) is 0 Å². The maximum atomic E-state index is 5.93. The largest absolute Gasteiger partial charge is 0.492 e. The Hall–Kier alpha value is -1.02. The Balaban J connectivity index is 1.82. The molecule has 1 saturated carbocycles. The van der Waals surface area contributed by atoms with E-state index >= 15 is 0 Å². The lowest BCUT2D eigenvalue weighted by Gasteiger charge is -2.12. The van der Waals surface area contributed by atoms with Crippen molar-refractivity contribution in [2.75, 3.05) is 6.61 Å². The molecule has 1 aromatic carbocycles. The zero-order valence-electron chi connectivity index (χ0n) is 8.57. The van der Waals surface area contributed by atoms with Crippen molar-refractivity contribution in [3.05, 3.63) is 29.8 Å². The summed E-state index contributed by atoms with van der Waals surface area (Å²) in [4.78, 5) is 0. The third kappa shape index (κ3) is 2.48. The zero-order chi connectivity index (χ0) is 9.97. The summed E-state index contributed by atoms with van der Waals surface area (Å²) in [7, 11) is 0. The number of aryl methyl sites for hydroxylation is 1. The van der Waals surface area contributed by atoms with E-state index in [0.717, 1.165) is 5.75 Å². The maximum Gasteiger partial charge on any atom is 0.119 e. The highest BCUT2D eigenvalue weighted by molar-refractivity contribution is 5.26. The van der Waals surface area contributed by atoms with Crippen molar-refractivity contribution < 1.29 is 4.74 Å². The monoisotopic (exact) mass is 191 g/mol. The number of ether oxygens (including phenoxy) is 1. The summed E-state index contributed by atoms with van der Waals surface area (Å²) in [6.07, 6.45) is 2.55. The number of hydrogen-bond donors (Lipinski definition) is 1. The number of rotatable bonds is 4. The quantitative estimate of drug-likeness (QED) is 0.791. The van der Waals surface area contributed by atoms with Crippen molar-refractivity contribution >= 4 is 0 Å². The highest BCUT2D eigenvalue weighted by atomic mass is 16.5. The van der Waals surface area contributed by atoms with Crippen LogP contribution in [-0.4, -0.2) is 12.6 Å². The van der Waals surface area contributed by atoms with Crippen LogP contribution >= 0.6 is 0 Å². The average Bonchev–Trinajstić information content (AvgIpc) is 3.00. The van der Waals surface area contributed by atoms with Crippen LogP contribution in [0.1, 0.15) is 18.4 Å². The predicted molar refractivity (Wildman–Crippen MR) is 57.4 cm³/mol. The van der Waals surface area contributed by atoms with E-state index in [1.807, 2.05) is 12.1 Å². The molecule has 0 unspecified atom stereocenters. The van der Waals surface area contributed by atoms with Crippen molar-refractivity contribution in [2.24, 2.45) is 11.7 Å². The summed E-state index contributed by atoms with van der Waals surface area (Å²) in [6.45, 7) is 2.72. The van der Waals surface area contributed by atoms with Gasteiger partial charge in [-0.15, -0.1) is 0 Å². The summed E-state index contributed by atoms with van der Waals surface area (Å²) >= 11 is 0. The van der Waals surface area contributed by atoms with Gasteiger partial charge in [0.15, 0.2) is 0 Å². The van der Waals surface area contributed by atoms with Crippen LogP contribution in [0.4, 0.5) is 0 Å². The highest BCUT2D eigenvalue weighted by Gasteiger charge is 2.28. The molecule has 0 aromatic heterocycles. The minimum absolute atomic E-state index is 0.219. The lowest BCUT2D eigenvalue weighted by molar-refractivity contribution is 0.276. The van der Waals surface area contributed by atoms with E-state index in [1.165, 1.54) is 18.4 Å². The normalized spacial score (nSPS) is 17.9. The minimum Gasteiger partial charge on any atom is -0.492 e. The number of nitrogens with two attached hydrogens (primary N) is 1. The molecule has 2 rings (SSSR count). The molecular formula is C12H17NO. The summed E-state index contributed by atoms with van der Waals surface area (Å²) in [5.41, 5.74) is 7.19. The van der Waals surface area contributed by atoms with Crippen LogP contribution in [0.2, 0.25) is 0 Å². The molecule has 1 fully saturated rings. The van der Waals surface area contributed by atoms with Gasteiger partial charge < -0.3 is 10.5 Å². The van der Waals surface area contributed by atoms with Gasteiger partial charge in [0.2, 0.25) is 0 Å². The second kappa shape index (κ2) is 4.01. The molecule has 2 heteroatoms. The van der Waals surface area contributed by atoms with Gasteiger partial charge in [-0.3, -0.25) is 0 Å². The van der Waals surface area contributed by atoms with Crippen molar-refractivity contribution in [3.8, 4) is 5.75 Å². The standard InChI is InChI=1S/C12H17NO/c1-9-2-6-11(7-3-9)14-8-12(13)10-4-5-10/h2-3,6-7,10,12H,4-5,8,13H2,1H3/t12-/m0/s1. The Labute approximate surface area is 85.1 Å². The van der Waals surface area contributed by atoms with Crippen molar-refractivity contribution in [1.29, 1.82) is 0 Å². The highest BCUT2D eigenvalue weighted by Crippen LogP contribution is 2.31. The second-order valence-corrected chi connectivity index (χ2v) is 4.13. The van der Waals surface area contributed by atoms with Crippen LogP contribution in [0.3, 0.4) is 0 Å². The molecule has 1 atom stereocenters. The number of benzene rings is 1. The molecule has 0 radical (unpaired) electrons. The third-order valence-corrected chi connectivity index (χ3v) is 2.69. The molecule has 0 heterocycles. The first-order valence-corrected chi connectivity index (χ1v) is 5.21. The predicted octanol–water partition coefficient (Wildman–Crippen LogP) is 2.11. The SMILES string of the molecule is Cc1ccc(OC[C@H](N)C2CC2)cc1. The van der Waals surface area contributed by atoms with Gasteiger partial charge in [0.1, 0.15) is 12.4 Å². The van der Waals surface area contributed by atoms with Gasteiger partial charge in [0.05, 0.1) is 0 Å². The fourth-order valence-corrected chi connectivity index (χ4v) is 1.49. The summed E-state index contributed by atoms with van der Waals surface area (Å²) in [5.74, 6) is 1.63. The number of hydrogen-bond acceptors (Lipinski definition) is 2. The maximum absolute atomic E-state index is 5.93. The molecule has 0 aliphatic heterocycles. The van der Waals surface area contributed by atoms with Gasteiger partial charge in [-0.2, -0.15) is 0 Å². The van der Waals surface area contributed by atoms with Gasteiger partial charge in [0.25, 0.3) is 0 Å². The summed E-state index contributed by atoms with van der Waals surface area (Å²) in [6, 6.07) is 8.32. The fraction of sp³-hybridized carbons (Fsp3) is 0.500. The minimum atomic E-state index is 0.219. The summed E-state index contributed by atoms with van der Waals surface area (Å²) in [5, 5.41) is 0. The molecule has 1 aliphatic carbocycles. The lowest BCUT2D eigenvalue weighted by Crippen LogP contribution is -2.29. The van der Waals surface area contributed by atoms with Crippen LogP contribution in [0, 0.1) is 12.8 Å². The van der Waals surface area contributed by atoms with E-state index in [1.54, 1.807) is 0 Å². The van der Waals surface area contributed by atoms with Crippen LogP contribution in [0.25, 0.3) is 0 Å². The Kier molecular flexibility index (Phi) is 2.73. The molecule has 0 amide bonds. The topological polar surface area (TPSA) is 35.2 Å². The Morgan fingerprint density at radius 2 is 2.00 bits per heavy atom. The molecule has 0 spiro atoms. The molecule has 1 aliphatic rings. The molecule has 0 bridgehead atoms. The second-order valence-electron chi connectivity index (χ2n) is 4.13. The fourth-order valence-electron chi connectivity index (χ4n) is 1.49. The van der Waals surface area contributed by atoms with Gasteiger partial charge in [-0.05, 0) is 37.8 Å². The Bertz CT molecular complexity index is 290. The molecule has 2 nitrogen and oxygen atoms in total. The van der Waals surface area contributed by atoms with Crippen LogP contribution in [-0.2, 0) is 0 Å².